The van der Waals surface area contributed by atoms with E-state index in [-0.39, 0.29) is 11.6 Å². The number of rotatable bonds is 4. The van der Waals surface area contributed by atoms with E-state index in [9.17, 15) is 0 Å². The van der Waals surface area contributed by atoms with Crippen molar-refractivity contribution >= 4 is 5.52 Å². The predicted octanol–water partition coefficient (Wildman–Crippen LogP) is 3.64. The first-order chi connectivity index (χ1) is 12.8. The van der Waals surface area contributed by atoms with Crippen LogP contribution in [0.15, 0.2) is 30.7 Å². The van der Waals surface area contributed by atoms with E-state index in [1.807, 2.05) is 22.3 Å². The molecule has 6 nitrogen and oxygen atoms in total. The molecule has 0 aromatic carbocycles. The Kier molecular flexibility index (Phi) is 4.46. The van der Waals surface area contributed by atoms with E-state index in [0.29, 0.717) is 5.92 Å². The van der Waals surface area contributed by atoms with Crippen LogP contribution in [0.2, 0.25) is 0 Å². The van der Waals surface area contributed by atoms with Gasteiger partial charge in [-0.05, 0) is 59.7 Å². The summed E-state index contributed by atoms with van der Waals surface area (Å²) in [4.78, 5) is 0. The molecule has 2 atom stereocenters. The first-order valence-corrected chi connectivity index (χ1v) is 9.74. The van der Waals surface area contributed by atoms with Gasteiger partial charge in [-0.1, -0.05) is 0 Å². The molecule has 1 fully saturated rings. The van der Waals surface area contributed by atoms with Crippen LogP contribution >= 0.6 is 0 Å². The standard InChI is InChI=1S/C21H29N5O/c1-14-8-19-20(27-15(2)16-6-7-22-10-16)9-17(12-25(19)24-14)18-11-23-26(13-18)21(3,4)5/h8-9,11-13,15-16,22H,6-7,10H2,1-5H3/t15-,16-/m1/s1. The molecular weight excluding hydrogens is 338 g/mol. The fourth-order valence-corrected chi connectivity index (χ4v) is 3.65. The topological polar surface area (TPSA) is 56.4 Å². The zero-order chi connectivity index (χ0) is 19.2. The molecule has 4 heterocycles. The molecule has 27 heavy (non-hydrogen) atoms. The van der Waals surface area contributed by atoms with Gasteiger partial charge in [0.2, 0.25) is 0 Å². The molecule has 6 heteroatoms. The van der Waals surface area contributed by atoms with Crippen molar-refractivity contribution in [1.82, 2.24) is 24.7 Å². The van der Waals surface area contributed by atoms with Crippen LogP contribution in [0.3, 0.4) is 0 Å². The van der Waals surface area contributed by atoms with Crippen LogP contribution in [-0.2, 0) is 5.54 Å². The van der Waals surface area contributed by atoms with Crippen molar-refractivity contribution < 1.29 is 4.74 Å². The third kappa shape index (κ3) is 3.58. The summed E-state index contributed by atoms with van der Waals surface area (Å²) in [6.45, 7) is 12.7. The Morgan fingerprint density at radius 1 is 1.22 bits per heavy atom. The first-order valence-electron chi connectivity index (χ1n) is 9.74. The number of aryl methyl sites for hydroxylation is 1. The van der Waals surface area contributed by atoms with E-state index >= 15 is 0 Å². The van der Waals surface area contributed by atoms with Crippen molar-refractivity contribution in [1.29, 1.82) is 0 Å². The van der Waals surface area contributed by atoms with Gasteiger partial charge in [0.15, 0.2) is 0 Å². The Labute approximate surface area is 160 Å². The molecule has 1 aliphatic rings. The van der Waals surface area contributed by atoms with Crippen LogP contribution < -0.4 is 10.1 Å². The van der Waals surface area contributed by atoms with Crippen LogP contribution in [0.25, 0.3) is 16.6 Å². The van der Waals surface area contributed by atoms with Crippen LogP contribution in [0.5, 0.6) is 5.75 Å². The highest BCUT2D eigenvalue weighted by molar-refractivity contribution is 5.70. The summed E-state index contributed by atoms with van der Waals surface area (Å²) in [5.74, 6) is 1.43. The van der Waals surface area contributed by atoms with Gasteiger partial charge in [-0.15, -0.1) is 0 Å². The van der Waals surface area contributed by atoms with Crippen LogP contribution in [0.4, 0.5) is 0 Å². The number of fused-ring (bicyclic) bond motifs is 1. The Bertz CT molecular complexity index is 943. The molecule has 1 aliphatic heterocycles. The van der Waals surface area contributed by atoms with Crippen molar-refractivity contribution in [2.75, 3.05) is 13.1 Å². The molecule has 0 bridgehead atoms. The lowest BCUT2D eigenvalue weighted by molar-refractivity contribution is 0.162. The highest BCUT2D eigenvalue weighted by Crippen LogP contribution is 2.31. The zero-order valence-electron chi connectivity index (χ0n) is 16.9. The second kappa shape index (κ2) is 6.68. The van der Waals surface area contributed by atoms with Gasteiger partial charge in [0.25, 0.3) is 0 Å². The number of pyridine rings is 1. The summed E-state index contributed by atoms with van der Waals surface area (Å²) in [5, 5.41) is 12.6. The van der Waals surface area contributed by atoms with Gasteiger partial charge in [0.1, 0.15) is 17.4 Å². The molecule has 1 N–H and O–H groups in total. The maximum absolute atomic E-state index is 6.43. The molecule has 0 radical (unpaired) electrons. The maximum atomic E-state index is 6.43. The summed E-state index contributed by atoms with van der Waals surface area (Å²) < 4.78 is 10.4. The highest BCUT2D eigenvalue weighted by atomic mass is 16.5. The van der Waals surface area contributed by atoms with E-state index < -0.39 is 0 Å². The van der Waals surface area contributed by atoms with E-state index in [1.54, 1.807) is 0 Å². The monoisotopic (exact) mass is 367 g/mol. The van der Waals surface area contributed by atoms with Crippen LogP contribution in [0.1, 0.15) is 39.8 Å². The highest BCUT2D eigenvalue weighted by Gasteiger charge is 2.24. The Morgan fingerprint density at radius 2 is 2.04 bits per heavy atom. The Hall–Kier alpha value is -2.34. The normalized spacial score (nSPS) is 18.9. The molecule has 3 aromatic heterocycles. The van der Waals surface area contributed by atoms with E-state index in [0.717, 1.165) is 47.6 Å². The Morgan fingerprint density at radius 3 is 2.70 bits per heavy atom. The number of nitrogens with one attached hydrogen (secondary N) is 1. The molecule has 0 spiro atoms. The van der Waals surface area contributed by atoms with Crippen molar-refractivity contribution in [3.05, 3.63) is 36.4 Å². The van der Waals surface area contributed by atoms with Crippen molar-refractivity contribution in [2.45, 2.75) is 52.7 Å². The minimum atomic E-state index is -0.0477. The fraction of sp³-hybridized carbons (Fsp3) is 0.524. The molecule has 0 saturated carbocycles. The first kappa shape index (κ1) is 18.0. The minimum Gasteiger partial charge on any atom is -0.488 e. The summed E-state index contributed by atoms with van der Waals surface area (Å²) in [5.41, 5.74) is 4.08. The largest absolute Gasteiger partial charge is 0.488 e. The molecule has 144 valence electrons. The maximum Gasteiger partial charge on any atom is 0.146 e. The van der Waals surface area contributed by atoms with Gasteiger partial charge < -0.3 is 10.1 Å². The lowest BCUT2D eigenvalue weighted by atomic mass is 10.0. The lowest BCUT2D eigenvalue weighted by Gasteiger charge is -2.21. The third-order valence-electron chi connectivity index (χ3n) is 5.34. The zero-order valence-corrected chi connectivity index (χ0v) is 16.9. The van der Waals surface area contributed by atoms with Gasteiger partial charge in [0.05, 0.1) is 17.4 Å². The average molecular weight is 367 g/mol. The SMILES string of the molecule is Cc1cc2c(O[C@H](C)[C@@H]3CCNC3)cc(-c3cnn(C(C)(C)C)c3)cn2n1. The van der Waals surface area contributed by atoms with Gasteiger partial charge >= 0.3 is 0 Å². The second-order valence-electron chi connectivity index (χ2n) is 8.63. The van der Waals surface area contributed by atoms with E-state index in [1.165, 1.54) is 0 Å². The fourth-order valence-electron chi connectivity index (χ4n) is 3.65. The summed E-state index contributed by atoms with van der Waals surface area (Å²) in [7, 11) is 0. The van der Waals surface area contributed by atoms with Gasteiger partial charge in [-0.3, -0.25) is 4.68 Å². The van der Waals surface area contributed by atoms with Crippen LogP contribution in [0, 0.1) is 12.8 Å². The number of ether oxygens (including phenoxy) is 1. The molecule has 0 aliphatic carbocycles. The number of aromatic nitrogens is 4. The average Bonchev–Trinajstić information content (AvgIpc) is 3.33. The number of hydrogen-bond donors (Lipinski definition) is 1. The molecule has 4 rings (SSSR count). The lowest BCUT2D eigenvalue weighted by Crippen LogP contribution is -2.25. The molecule has 1 saturated heterocycles. The summed E-state index contributed by atoms with van der Waals surface area (Å²) in [6.07, 6.45) is 7.38. The summed E-state index contributed by atoms with van der Waals surface area (Å²) in [6, 6.07) is 4.21. The van der Waals surface area contributed by atoms with Gasteiger partial charge in [-0.25, -0.2) is 4.52 Å². The minimum absolute atomic E-state index is 0.0477. The van der Waals surface area contributed by atoms with Crippen molar-refractivity contribution in [3.63, 3.8) is 0 Å². The van der Waals surface area contributed by atoms with Crippen molar-refractivity contribution in [3.8, 4) is 16.9 Å². The van der Waals surface area contributed by atoms with Crippen LogP contribution in [-0.4, -0.2) is 38.6 Å². The molecule has 0 amide bonds. The van der Waals surface area contributed by atoms with E-state index in [4.69, 9.17) is 4.74 Å². The number of hydrogen-bond acceptors (Lipinski definition) is 4. The van der Waals surface area contributed by atoms with Gasteiger partial charge in [-0.2, -0.15) is 10.2 Å². The van der Waals surface area contributed by atoms with Crippen molar-refractivity contribution in [2.24, 2.45) is 5.92 Å². The molecular formula is C21H29N5O. The van der Waals surface area contributed by atoms with Gasteiger partial charge in [0, 0.05) is 36.0 Å². The number of nitrogens with zero attached hydrogens (tertiary/aromatic N) is 4. The smallest absolute Gasteiger partial charge is 0.146 e. The third-order valence-corrected chi connectivity index (χ3v) is 5.34. The van der Waals surface area contributed by atoms with E-state index in [2.05, 4.69) is 67.7 Å². The molecule has 0 unspecified atom stereocenters. The second-order valence-corrected chi connectivity index (χ2v) is 8.63. The molecule has 3 aromatic rings. The Balaban J connectivity index is 1.72. The summed E-state index contributed by atoms with van der Waals surface area (Å²) >= 11 is 0. The predicted molar refractivity (Wildman–Crippen MR) is 107 cm³/mol. The quantitative estimate of drug-likeness (QED) is 0.765.